The summed E-state index contributed by atoms with van der Waals surface area (Å²) >= 11 is 0. The summed E-state index contributed by atoms with van der Waals surface area (Å²) in [6.45, 7) is 9.38. The summed E-state index contributed by atoms with van der Waals surface area (Å²) in [4.78, 5) is 0. The van der Waals surface area contributed by atoms with Crippen LogP contribution in [0.2, 0.25) is 0 Å². The molecule has 1 aromatic rings. The van der Waals surface area contributed by atoms with Gasteiger partial charge in [-0.15, -0.1) is 5.10 Å². The molecule has 0 spiro atoms. The molecule has 0 radical (unpaired) electrons. The number of hydrogen-bond acceptors (Lipinski definition) is 3. The van der Waals surface area contributed by atoms with Gasteiger partial charge in [-0.3, -0.25) is 0 Å². The molecule has 0 saturated carbocycles. The highest BCUT2D eigenvalue weighted by Gasteiger charge is 2.19. The fourth-order valence-corrected chi connectivity index (χ4v) is 1.49. The van der Waals surface area contributed by atoms with Crippen LogP contribution in [0.5, 0.6) is 0 Å². The van der Waals surface area contributed by atoms with Crippen LogP contribution in [0.4, 0.5) is 0 Å². The summed E-state index contributed by atoms with van der Waals surface area (Å²) in [5, 5.41) is 16.8. The Balaban J connectivity index is 3.01. The van der Waals surface area contributed by atoms with Crippen molar-refractivity contribution in [2.75, 3.05) is 0 Å². The minimum absolute atomic E-state index is 0.152. The van der Waals surface area contributed by atoms with Crippen molar-refractivity contribution in [2.45, 2.75) is 47.1 Å². The third-order valence-corrected chi connectivity index (χ3v) is 2.08. The summed E-state index contributed by atoms with van der Waals surface area (Å²) < 4.78 is 1.85. The van der Waals surface area contributed by atoms with Gasteiger partial charge in [0.05, 0.1) is 5.69 Å². The molecule has 0 atom stereocenters. The maximum Gasteiger partial charge on any atom is 0.185 e. The summed E-state index contributed by atoms with van der Waals surface area (Å²) in [6, 6.07) is 2.10. The molecule has 0 N–H and O–H groups in total. The van der Waals surface area contributed by atoms with Crippen LogP contribution in [0.25, 0.3) is 0 Å². The molecule has 4 nitrogen and oxygen atoms in total. The predicted molar refractivity (Wildman–Crippen MR) is 58.2 cm³/mol. The highest BCUT2D eigenvalue weighted by Crippen LogP contribution is 2.21. The molecule has 82 valence electrons. The van der Waals surface area contributed by atoms with Crippen molar-refractivity contribution >= 4 is 0 Å². The molecule has 0 aliphatic heterocycles. The first-order chi connectivity index (χ1) is 6.98. The van der Waals surface area contributed by atoms with Crippen LogP contribution < -0.4 is 0 Å². The molecule has 0 bridgehead atoms. The van der Waals surface area contributed by atoms with Crippen LogP contribution in [0.3, 0.4) is 0 Å². The topological polar surface area (TPSA) is 54.5 Å². The van der Waals surface area contributed by atoms with E-state index in [0.29, 0.717) is 5.69 Å². The van der Waals surface area contributed by atoms with Gasteiger partial charge in [0.25, 0.3) is 0 Å². The SMILES string of the molecule is CCCn1nnc(C#N)c1CC(C)(C)C. The maximum atomic E-state index is 8.93. The quantitative estimate of drug-likeness (QED) is 0.761. The summed E-state index contributed by atoms with van der Waals surface area (Å²) in [7, 11) is 0. The van der Waals surface area contributed by atoms with E-state index in [-0.39, 0.29) is 5.41 Å². The number of aryl methyl sites for hydroxylation is 1. The summed E-state index contributed by atoms with van der Waals surface area (Å²) in [5.41, 5.74) is 1.59. The van der Waals surface area contributed by atoms with Gasteiger partial charge >= 0.3 is 0 Å². The van der Waals surface area contributed by atoms with Crippen molar-refractivity contribution in [2.24, 2.45) is 5.41 Å². The molecule has 1 heterocycles. The molecule has 0 aromatic carbocycles. The Morgan fingerprint density at radius 2 is 2.07 bits per heavy atom. The lowest BCUT2D eigenvalue weighted by Gasteiger charge is -2.18. The van der Waals surface area contributed by atoms with E-state index in [2.05, 4.69) is 44.1 Å². The van der Waals surface area contributed by atoms with Crippen LogP contribution in [0, 0.1) is 16.7 Å². The number of nitrogens with zero attached hydrogens (tertiary/aromatic N) is 4. The zero-order chi connectivity index (χ0) is 11.5. The Kier molecular flexibility index (Phi) is 3.46. The van der Waals surface area contributed by atoms with E-state index < -0.39 is 0 Å². The van der Waals surface area contributed by atoms with E-state index >= 15 is 0 Å². The van der Waals surface area contributed by atoms with E-state index in [4.69, 9.17) is 5.26 Å². The number of hydrogen-bond donors (Lipinski definition) is 0. The van der Waals surface area contributed by atoms with Crippen molar-refractivity contribution in [3.05, 3.63) is 11.4 Å². The first-order valence-corrected chi connectivity index (χ1v) is 5.30. The van der Waals surface area contributed by atoms with Gasteiger partial charge in [-0.1, -0.05) is 32.9 Å². The largest absolute Gasteiger partial charge is 0.248 e. The Hall–Kier alpha value is -1.37. The third kappa shape index (κ3) is 3.05. The Morgan fingerprint density at radius 1 is 1.40 bits per heavy atom. The molecule has 0 aliphatic rings. The van der Waals surface area contributed by atoms with Gasteiger partial charge in [0.2, 0.25) is 0 Å². The molecule has 1 rings (SSSR count). The molecule has 0 unspecified atom stereocenters. The normalized spacial score (nSPS) is 11.4. The molecular weight excluding hydrogens is 188 g/mol. The van der Waals surface area contributed by atoms with Crippen molar-refractivity contribution in [3.63, 3.8) is 0 Å². The third-order valence-electron chi connectivity index (χ3n) is 2.08. The standard InChI is InChI=1S/C11H18N4/c1-5-6-15-10(7-11(2,3)4)9(8-12)13-14-15/h5-7H2,1-4H3. The first-order valence-electron chi connectivity index (χ1n) is 5.30. The second kappa shape index (κ2) is 4.43. The molecule has 15 heavy (non-hydrogen) atoms. The van der Waals surface area contributed by atoms with Crippen molar-refractivity contribution < 1.29 is 0 Å². The van der Waals surface area contributed by atoms with Gasteiger partial charge in [0.1, 0.15) is 6.07 Å². The van der Waals surface area contributed by atoms with E-state index in [0.717, 1.165) is 25.1 Å². The van der Waals surface area contributed by atoms with Crippen molar-refractivity contribution in [1.82, 2.24) is 15.0 Å². The van der Waals surface area contributed by atoms with E-state index in [1.165, 1.54) is 0 Å². The Labute approximate surface area is 90.9 Å². The minimum Gasteiger partial charge on any atom is -0.248 e. The van der Waals surface area contributed by atoms with Gasteiger partial charge in [-0.2, -0.15) is 5.26 Å². The van der Waals surface area contributed by atoms with Crippen molar-refractivity contribution in [1.29, 1.82) is 5.26 Å². The van der Waals surface area contributed by atoms with Crippen LogP contribution in [0.1, 0.15) is 45.5 Å². The van der Waals surface area contributed by atoms with E-state index in [1.54, 1.807) is 0 Å². The van der Waals surface area contributed by atoms with Crippen LogP contribution in [0.15, 0.2) is 0 Å². The highest BCUT2D eigenvalue weighted by atomic mass is 15.4. The fourth-order valence-electron chi connectivity index (χ4n) is 1.49. The molecule has 0 saturated heterocycles. The average molecular weight is 206 g/mol. The van der Waals surface area contributed by atoms with Crippen LogP contribution in [-0.2, 0) is 13.0 Å². The monoisotopic (exact) mass is 206 g/mol. The lowest BCUT2D eigenvalue weighted by atomic mass is 9.90. The smallest absolute Gasteiger partial charge is 0.185 e. The highest BCUT2D eigenvalue weighted by molar-refractivity contribution is 5.25. The molecule has 0 fully saturated rings. The van der Waals surface area contributed by atoms with Crippen LogP contribution in [-0.4, -0.2) is 15.0 Å². The van der Waals surface area contributed by atoms with Crippen LogP contribution >= 0.6 is 0 Å². The predicted octanol–water partition coefficient (Wildman–Crippen LogP) is 2.15. The first kappa shape index (κ1) is 11.7. The number of nitriles is 1. The van der Waals surface area contributed by atoms with Gasteiger partial charge < -0.3 is 0 Å². The molecule has 0 aliphatic carbocycles. The molecule has 0 amide bonds. The van der Waals surface area contributed by atoms with Gasteiger partial charge in [-0.25, -0.2) is 4.68 Å². The Bertz CT molecular complexity index is 365. The zero-order valence-corrected chi connectivity index (χ0v) is 9.91. The number of aromatic nitrogens is 3. The van der Waals surface area contributed by atoms with Gasteiger partial charge in [0.15, 0.2) is 5.69 Å². The Morgan fingerprint density at radius 3 is 2.53 bits per heavy atom. The van der Waals surface area contributed by atoms with Crippen molar-refractivity contribution in [3.8, 4) is 6.07 Å². The lowest BCUT2D eigenvalue weighted by Crippen LogP contribution is -2.15. The summed E-state index contributed by atoms with van der Waals surface area (Å²) in [6.07, 6.45) is 1.84. The van der Waals surface area contributed by atoms with Gasteiger partial charge in [-0.05, 0) is 18.3 Å². The van der Waals surface area contributed by atoms with Gasteiger partial charge in [0, 0.05) is 6.54 Å². The molecule has 1 aromatic heterocycles. The second-order valence-electron chi connectivity index (χ2n) is 4.96. The molecular formula is C11H18N4. The fraction of sp³-hybridized carbons (Fsp3) is 0.727. The minimum atomic E-state index is 0.152. The molecule has 4 heteroatoms. The summed E-state index contributed by atoms with van der Waals surface area (Å²) in [5.74, 6) is 0. The number of rotatable bonds is 3. The average Bonchev–Trinajstić information content (AvgIpc) is 2.47. The lowest BCUT2D eigenvalue weighted by molar-refractivity contribution is 0.390. The van der Waals surface area contributed by atoms with E-state index in [9.17, 15) is 0 Å². The maximum absolute atomic E-state index is 8.93. The zero-order valence-electron chi connectivity index (χ0n) is 9.91. The van der Waals surface area contributed by atoms with E-state index in [1.807, 2.05) is 4.68 Å². The second-order valence-corrected chi connectivity index (χ2v) is 4.96.